The standard InChI is InChI=1S/C20H24N2O2.ClH/c1-15-5-2-6-16(11-15)14-24-19-9-3-7-17(12-19)20(23)22-13-18-8-4-10-21-18;/h2-3,5-7,9,11-12,18,21H,4,8,10,13-14H2,1H3,(H,22,23);1H. The fourth-order valence-electron chi connectivity index (χ4n) is 2.94. The second-order valence-electron chi connectivity index (χ2n) is 6.31. The molecule has 0 radical (unpaired) electrons. The number of ether oxygens (including phenoxy) is 1. The number of rotatable bonds is 6. The van der Waals surface area contributed by atoms with Gasteiger partial charge in [0.15, 0.2) is 0 Å². The monoisotopic (exact) mass is 360 g/mol. The van der Waals surface area contributed by atoms with E-state index >= 15 is 0 Å². The van der Waals surface area contributed by atoms with Crippen molar-refractivity contribution >= 4 is 18.3 Å². The second-order valence-corrected chi connectivity index (χ2v) is 6.31. The smallest absolute Gasteiger partial charge is 0.251 e. The first kappa shape index (κ1) is 19.3. The first-order chi connectivity index (χ1) is 11.7. The molecule has 1 amide bonds. The van der Waals surface area contributed by atoms with Gasteiger partial charge < -0.3 is 15.4 Å². The summed E-state index contributed by atoms with van der Waals surface area (Å²) in [6, 6.07) is 16.0. The lowest BCUT2D eigenvalue weighted by atomic mass is 10.1. The zero-order chi connectivity index (χ0) is 16.8. The minimum Gasteiger partial charge on any atom is -0.489 e. The molecule has 2 aromatic carbocycles. The van der Waals surface area contributed by atoms with Crippen LogP contribution in [-0.2, 0) is 6.61 Å². The molecule has 0 aromatic heterocycles. The van der Waals surface area contributed by atoms with Crippen LogP contribution in [0, 0.1) is 6.92 Å². The van der Waals surface area contributed by atoms with Gasteiger partial charge >= 0.3 is 0 Å². The van der Waals surface area contributed by atoms with Crippen LogP contribution in [0.4, 0.5) is 0 Å². The van der Waals surface area contributed by atoms with Crippen molar-refractivity contribution in [1.29, 1.82) is 0 Å². The van der Waals surface area contributed by atoms with E-state index in [0.717, 1.165) is 18.5 Å². The lowest BCUT2D eigenvalue weighted by Crippen LogP contribution is -2.37. The molecule has 134 valence electrons. The van der Waals surface area contributed by atoms with E-state index in [1.807, 2.05) is 30.3 Å². The summed E-state index contributed by atoms with van der Waals surface area (Å²) in [7, 11) is 0. The summed E-state index contributed by atoms with van der Waals surface area (Å²) in [5, 5.41) is 6.37. The van der Waals surface area contributed by atoms with Crippen molar-refractivity contribution in [2.75, 3.05) is 13.1 Å². The summed E-state index contributed by atoms with van der Waals surface area (Å²) in [4.78, 5) is 12.3. The first-order valence-corrected chi connectivity index (χ1v) is 8.51. The van der Waals surface area contributed by atoms with E-state index in [4.69, 9.17) is 4.74 Å². The highest BCUT2D eigenvalue weighted by atomic mass is 35.5. The van der Waals surface area contributed by atoms with Crippen LogP contribution in [0.3, 0.4) is 0 Å². The molecule has 1 unspecified atom stereocenters. The lowest BCUT2D eigenvalue weighted by Gasteiger charge is -2.12. The molecule has 1 fully saturated rings. The second kappa shape index (κ2) is 9.44. The topological polar surface area (TPSA) is 50.4 Å². The van der Waals surface area contributed by atoms with Gasteiger partial charge in [0.2, 0.25) is 0 Å². The van der Waals surface area contributed by atoms with Crippen molar-refractivity contribution < 1.29 is 9.53 Å². The molecule has 1 aliphatic heterocycles. The average molecular weight is 361 g/mol. The molecule has 2 aromatic rings. The molecular formula is C20H25ClN2O2. The Hall–Kier alpha value is -2.04. The molecule has 1 saturated heterocycles. The van der Waals surface area contributed by atoms with Crippen molar-refractivity contribution in [1.82, 2.24) is 10.6 Å². The number of amides is 1. The van der Waals surface area contributed by atoms with E-state index in [1.54, 1.807) is 6.07 Å². The van der Waals surface area contributed by atoms with Gasteiger partial charge in [0.25, 0.3) is 5.91 Å². The van der Waals surface area contributed by atoms with Gasteiger partial charge in [-0.2, -0.15) is 0 Å². The average Bonchev–Trinajstić information content (AvgIpc) is 3.12. The number of aryl methyl sites for hydroxylation is 1. The Morgan fingerprint density at radius 2 is 2.08 bits per heavy atom. The highest BCUT2D eigenvalue weighted by molar-refractivity contribution is 5.94. The van der Waals surface area contributed by atoms with Gasteiger partial charge in [0, 0.05) is 18.2 Å². The molecule has 0 bridgehead atoms. The van der Waals surface area contributed by atoms with Gasteiger partial charge in [-0.05, 0) is 50.1 Å². The molecule has 1 aliphatic rings. The minimum absolute atomic E-state index is 0. The van der Waals surface area contributed by atoms with Gasteiger partial charge in [-0.25, -0.2) is 0 Å². The molecule has 25 heavy (non-hydrogen) atoms. The largest absolute Gasteiger partial charge is 0.489 e. The molecule has 1 heterocycles. The maximum absolute atomic E-state index is 12.3. The van der Waals surface area contributed by atoms with Crippen LogP contribution in [0.2, 0.25) is 0 Å². The molecule has 1 atom stereocenters. The number of hydrogen-bond donors (Lipinski definition) is 2. The van der Waals surface area contributed by atoms with E-state index in [2.05, 4.69) is 29.7 Å². The van der Waals surface area contributed by atoms with Crippen molar-refractivity contribution in [2.45, 2.75) is 32.4 Å². The molecule has 0 saturated carbocycles. The Balaban J connectivity index is 0.00000225. The number of carbonyl (C=O) groups is 1. The summed E-state index contributed by atoms with van der Waals surface area (Å²) in [5.41, 5.74) is 2.97. The van der Waals surface area contributed by atoms with Crippen molar-refractivity contribution in [2.24, 2.45) is 0 Å². The highest BCUT2D eigenvalue weighted by Gasteiger charge is 2.15. The van der Waals surface area contributed by atoms with Crippen LogP contribution < -0.4 is 15.4 Å². The maximum atomic E-state index is 12.3. The Labute approximate surface area is 155 Å². The van der Waals surface area contributed by atoms with E-state index in [9.17, 15) is 4.79 Å². The summed E-state index contributed by atoms with van der Waals surface area (Å²) in [5.74, 6) is 0.660. The molecular weight excluding hydrogens is 336 g/mol. The summed E-state index contributed by atoms with van der Waals surface area (Å²) < 4.78 is 5.82. The Bertz CT molecular complexity index is 700. The van der Waals surface area contributed by atoms with Crippen molar-refractivity contribution in [3.63, 3.8) is 0 Å². The van der Waals surface area contributed by atoms with E-state index in [1.165, 1.54) is 12.0 Å². The highest BCUT2D eigenvalue weighted by Crippen LogP contribution is 2.16. The van der Waals surface area contributed by atoms with E-state index in [0.29, 0.717) is 30.5 Å². The number of carbonyl (C=O) groups excluding carboxylic acids is 1. The van der Waals surface area contributed by atoms with Crippen molar-refractivity contribution in [3.8, 4) is 5.75 Å². The van der Waals surface area contributed by atoms with Crippen LogP contribution in [-0.4, -0.2) is 25.0 Å². The maximum Gasteiger partial charge on any atom is 0.251 e. The molecule has 0 spiro atoms. The Morgan fingerprint density at radius 3 is 2.84 bits per heavy atom. The molecule has 3 rings (SSSR count). The van der Waals surface area contributed by atoms with Crippen LogP contribution >= 0.6 is 12.4 Å². The van der Waals surface area contributed by atoms with Gasteiger partial charge in [0.05, 0.1) is 0 Å². The molecule has 5 heteroatoms. The van der Waals surface area contributed by atoms with E-state index < -0.39 is 0 Å². The van der Waals surface area contributed by atoms with Gasteiger partial charge in [-0.15, -0.1) is 12.4 Å². The fourth-order valence-corrected chi connectivity index (χ4v) is 2.94. The number of nitrogens with one attached hydrogen (secondary N) is 2. The fraction of sp³-hybridized carbons (Fsp3) is 0.350. The summed E-state index contributed by atoms with van der Waals surface area (Å²) in [6.45, 7) is 4.28. The Morgan fingerprint density at radius 1 is 1.24 bits per heavy atom. The lowest BCUT2D eigenvalue weighted by molar-refractivity contribution is 0.0950. The summed E-state index contributed by atoms with van der Waals surface area (Å²) in [6.07, 6.45) is 2.31. The number of benzene rings is 2. The molecule has 2 N–H and O–H groups in total. The van der Waals surface area contributed by atoms with Gasteiger partial charge in [0.1, 0.15) is 12.4 Å². The normalized spacial score (nSPS) is 16.1. The quantitative estimate of drug-likeness (QED) is 0.829. The van der Waals surface area contributed by atoms with Crippen LogP contribution in [0.5, 0.6) is 5.75 Å². The predicted molar refractivity (Wildman–Crippen MR) is 103 cm³/mol. The third kappa shape index (κ3) is 5.76. The number of halogens is 1. The minimum atomic E-state index is -0.0512. The van der Waals surface area contributed by atoms with Crippen LogP contribution in [0.25, 0.3) is 0 Å². The predicted octanol–water partition coefficient (Wildman–Crippen LogP) is 3.48. The molecule has 4 nitrogen and oxygen atoms in total. The zero-order valence-electron chi connectivity index (χ0n) is 14.5. The van der Waals surface area contributed by atoms with Gasteiger partial charge in [-0.1, -0.05) is 35.9 Å². The van der Waals surface area contributed by atoms with Crippen LogP contribution in [0.15, 0.2) is 48.5 Å². The Kier molecular flexibility index (Phi) is 7.29. The summed E-state index contributed by atoms with van der Waals surface area (Å²) >= 11 is 0. The third-order valence-electron chi connectivity index (χ3n) is 4.26. The zero-order valence-corrected chi connectivity index (χ0v) is 15.3. The van der Waals surface area contributed by atoms with E-state index in [-0.39, 0.29) is 18.3 Å². The SMILES string of the molecule is Cc1cccc(COc2cccc(C(=O)NCC3CCCN3)c2)c1.Cl. The third-order valence-corrected chi connectivity index (χ3v) is 4.26. The number of hydrogen-bond acceptors (Lipinski definition) is 3. The van der Waals surface area contributed by atoms with Crippen LogP contribution in [0.1, 0.15) is 34.3 Å². The first-order valence-electron chi connectivity index (χ1n) is 8.51. The molecule has 0 aliphatic carbocycles. The van der Waals surface area contributed by atoms with Gasteiger partial charge in [-0.3, -0.25) is 4.79 Å². The van der Waals surface area contributed by atoms with Crippen molar-refractivity contribution in [3.05, 3.63) is 65.2 Å².